The van der Waals surface area contributed by atoms with Crippen molar-refractivity contribution in [3.63, 3.8) is 0 Å². The number of aliphatic hydroxyl groups is 1. The molecule has 0 saturated heterocycles. The van der Waals surface area contributed by atoms with Gasteiger partial charge in [0.15, 0.2) is 5.60 Å². The van der Waals surface area contributed by atoms with Crippen LogP contribution in [0.2, 0.25) is 0 Å². The van der Waals surface area contributed by atoms with E-state index < -0.39 is 11.5 Å². The van der Waals surface area contributed by atoms with Gasteiger partial charge < -0.3 is 10.8 Å². The van der Waals surface area contributed by atoms with Gasteiger partial charge in [0.05, 0.1) is 0 Å². The zero-order valence-electron chi connectivity index (χ0n) is 10.4. The van der Waals surface area contributed by atoms with E-state index in [0.29, 0.717) is 11.1 Å². The number of amides is 1. The van der Waals surface area contributed by atoms with Crippen molar-refractivity contribution in [3.05, 3.63) is 69.7 Å². The van der Waals surface area contributed by atoms with Gasteiger partial charge in [-0.25, -0.2) is 0 Å². The smallest absolute Gasteiger partial charge is 0.258 e. The molecule has 1 unspecified atom stereocenters. The van der Waals surface area contributed by atoms with Gasteiger partial charge in [-0.3, -0.25) is 4.79 Å². The van der Waals surface area contributed by atoms with Crippen molar-refractivity contribution in [2.75, 3.05) is 0 Å². The van der Waals surface area contributed by atoms with E-state index in [1.165, 1.54) is 0 Å². The van der Waals surface area contributed by atoms with Gasteiger partial charge in [0, 0.05) is 10.0 Å². The Morgan fingerprint density at radius 1 is 1.21 bits per heavy atom. The first kappa shape index (κ1) is 13.8. The molecule has 2 rings (SSSR count). The highest BCUT2D eigenvalue weighted by molar-refractivity contribution is 9.10. The highest BCUT2D eigenvalue weighted by atomic mass is 79.9. The molecule has 0 spiro atoms. The lowest BCUT2D eigenvalue weighted by molar-refractivity contribution is -0.133. The zero-order valence-corrected chi connectivity index (χ0v) is 12.0. The largest absolute Gasteiger partial charge is 0.372 e. The second-order valence-electron chi connectivity index (χ2n) is 4.40. The van der Waals surface area contributed by atoms with Crippen LogP contribution in [0, 0.1) is 6.92 Å². The van der Waals surface area contributed by atoms with E-state index in [1.807, 2.05) is 19.1 Å². The van der Waals surface area contributed by atoms with Crippen molar-refractivity contribution < 1.29 is 9.90 Å². The first-order valence-corrected chi connectivity index (χ1v) is 6.60. The first-order chi connectivity index (χ1) is 8.96. The number of carbonyl (C=O) groups excluding carboxylic acids is 1. The fourth-order valence-electron chi connectivity index (χ4n) is 2.14. The van der Waals surface area contributed by atoms with E-state index in [-0.39, 0.29) is 0 Å². The third kappa shape index (κ3) is 2.41. The summed E-state index contributed by atoms with van der Waals surface area (Å²) in [7, 11) is 0. The van der Waals surface area contributed by atoms with Gasteiger partial charge in [0.1, 0.15) is 0 Å². The normalized spacial score (nSPS) is 13.8. The van der Waals surface area contributed by atoms with Crippen LogP contribution in [-0.4, -0.2) is 11.0 Å². The van der Waals surface area contributed by atoms with Gasteiger partial charge in [-0.15, -0.1) is 0 Å². The summed E-state index contributed by atoms with van der Waals surface area (Å²) in [5, 5.41) is 10.8. The van der Waals surface area contributed by atoms with E-state index >= 15 is 0 Å². The van der Waals surface area contributed by atoms with E-state index in [2.05, 4.69) is 15.9 Å². The molecule has 1 amide bonds. The van der Waals surface area contributed by atoms with Crippen LogP contribution in [0.4, 0.5) is 0 Å². The van der Waals surface area contributed by atoms with Gasteiger partial charge >= 0.3 is 0 Å². The highest BCUT2D eigenvalue weighted by Gasteiger charge is 2.39. The molecule has 0 aliphatic carbocycles. The van der Waals surface area contributed by atoms with Crippen molar-refractivity contribution in [2.45, 2.75) is 12.5 Å². The molecule has 0 saturated carbocycles. The quantitative estimate of drug-likeness (QED) is 0.912. The highest BCUT2D eigenvalue weighted by Crippen LogP contribution is 2.32. The molecule has 0 aromatic heterocycles. The molecular formula is C15H14BrNO2. The number of hydrogen-bond acceptors (Lipinski definition) is 2. The van der Waals surface area contributed by atoms with Gasteiger partial charge in [0.2, 0.25) is 0 Å². The summed E-state index contributed by atoms with van der Waals surface area (Å²) in [6.45, 7) is 1.83. The number of carbonyl (C=O) groups is 1. The van der Waals surface area contributed by atoms with Crippen LogP contribution >= 0.6 is 15.9 Å². The second kappa shape index (κ2) is 5.15. The summed E-state index contributed by atoms with van der Waals surface area (Å²) in [5.41, 5.74) is 5.38. The van der Waals surface area contributed by atoms with Gasteiger partial charge in [-0.1, -0.05) is 52.3 Å². The third-order valence-electron chi connectivity index (χ3n) is 3.13. The SMILES string of the molecule is Cc1cc(Br)ccc1C(O)(C(N)=O)c1ccccc1. The van der Waals surface area contributed by atoms with Crippen molar-refractivity contribution in [1.82, 2.24) is 0 Å². The number of primary amides is 1. The molecule has 3 nitrogen and oxygen atoms in total. The molecule has 3 N–H and O–H groups in total. The Balaban J connectivity index is 2.67. The number of aryl methyl sites for hydroxylation is 1. The third-order valence-corrected chi connectivity index (χ3v) is 3.62. The van der Waals surface area contributed by atoms with Crippen LogP contribution in [0.25, 0.3) is 0 Å². The lowest BCUT2D eigenvalue weighted by Crippen LogP contribution is -2.42. The lowest BCUT2D eigenvalue weighted by atomic mass is 9.83. The maximum Gasteiger partial charge on any atom is 0.258 e. The molecule has 4 heteroatoms. The molecule has 0 aliphatic rings. The van der Waals surface area contributed by atoms with Crippen molar-refractivity contribution >= 4 is 21.8 Å². The molecule has 98 valence electrons. The second-order valence-corrected chi connectivity index (χ2v) is 5.32. The molecule has 0 fully saturated rings. The Hall–Kier alpha value is -1.65. The van der Waals surface area contributed by atoms with Crippen molar-refractivity contribution in [1.29, 1.82) is 0 Å². The number of benzene rings is 2. The van der Waals surface area contributed by atoms with E-state index in [4.69, 9.17) is 5.73 Å². The fraction of sp³-hybridized carbons (Fsp3) is 0.133. The summed E-state index contributed by atoms with van der Waals surface area (Å²) in [6, 6.07) is 14.0. The minimum absolute atomic E-state index is 0.466. The average molecular weight is 320 g/mol. The Morgan fingerprint density at radius 2 is 1.84 bits per heavy atom. The maximum atomic E-state index is 11.8. The molecule has 0 aliphatic heterocycles. The van der Waals surface area contributed by atoms with Crippen molar-refractivity contribution in [3.8, 4) is 0 Å². The van der Waals surface area contributed by atoms with Crippen LogP contribution in [0.5, 0.6) is 0 Å². The summed E-state index contributed by atoms with van der Waals surface area (Å²) in [6.07, 6.45) is 0. The molecule has 19 heavy (non-hydrogen) atoms. The van der Waals surface area contributed by atoms with Gasteiger partial charge in [-0.05, 0) is 30.2 Å². The van der Waals surface area contributed by atoms with Crippen LogP contribution in [0.3, 0.4) is 0 Å². The molecular weight excluding hydrogens is 306 g/mol. The Morgan fingerprint density at radius 3 is 2.37 bits per heavy atom. The topological polar surface area (TPSA) is 63.3 Å². The Kier molecular flexibility index (Phi) is 3.73. The van der Waals surface area contributed by atoms with Crippen LogP contribution in [0.1, 0.15) is 16.7 Å². The first-order valence-electron chi connectivity index (χ1n) is 5.80. The summed E-state index contributed by atoms with van der Waals surface area (Å²) >= 11 is 3.36. The standard InChI is InChI=1S/C15H14BrNO2/c1-10-9-12(16)7-8-13(10)15(19,14(17)18)11-5-3-2-4-6-11/h2-9,19H,1H3,(H2,17,18). The van der Waals surface area contributed by atoms with Gasteiger partial charge in [-0.2, -0.15) is 0 Å². The number of halogens is 1. The van der Waals surface area contributed by atoms with E-state index in [9.17, 15) is 9.90 Å². The average Bonchev–Trinajstić information content (AvgIpc) is 2.38. The van der Waals surface area contributed by atoms with E-state index in [0.717, 1.165) is 10.0 Å². The van der Waals surface area contributed by atoms with Crippen LogP contribution in [-0.2, 0) is 10.4 Å². The lowest BCUT2D eigenvalue weighted by Gasteiger charge is -2.27. The molecule has 2 aromatic carbocycles. The van der Waals surface area contributed by atoms with Gasteiger partial charge in [0.25, 0.3) is 5.91 Å². The minimum atomic E-state index is -1.81. The summed E-state index contributed by atoms with van der Waals surface area (Å²) < 4.78 is 0.883. The molecule has 1 atom stereocenters. The van der Waals surface area contributed by atoms with Crippen LogP contribution < -0.4 is 5.73 Å². The molecule has 2 aromatic rings. The van der Waals surface area contributed by atoms with Crippen LogP contribution in [0.15, 0.2) is 53.0 Å². The number of rotatable bonds is 3. The maximum absolute atomic E-state index is 11.8. The predicted octanol–water partition coefficient (Wildman–Crippen LogP) is 2.48. The minimum Gasteiger partial charge on any atom is -0.372 e. The molecule has 0 heterocycles. The zero-order chi connectivity index (χ0) is 14.0. The fourth-order valence-corrected chi connectivity index (χ4v) is 2.62. The number of hydrogen-bond donors (Lipinski definition) is 2. The predicted molar refractivity (Wildman–Crippen MR) is 77.5 cm³/mol. The molecule has 0 radical (unpaired) electrons. The molecule has 0 bridgehead atoms. The summed E-state index contributed by atoms with van der Waals surface area (Å²) in [4.78, 5) is 11.8. The van der Waals surface area contributed by atoms with E-state index in [1.54, 1.807) is 36.4 Å². The Labute approximate surface area is 120 Å². The Bertz CT molecular complexity index is 613. The summed E-state index contributed by atoms with van der Waals surface area (Å²) in [5.74, 6) is -0.788. The number of nitrogens with two attached hydrogens (primary N) is 1. The monoisotopic (exact) mass is 319 g/mol. The van der Waals surface area contributed by atoms with Crippen molar-refractivity contribution in [2.24, 2.45) is 5.73 Å².